The van der Waals surface area contributed by atoms with Crippen molar-refractivity contribution in [3.05, 3.63) is 35.9 Å². The minimum absolute atomic E-state index is 0.200. The average Bonchev–Trinajstić information content (AvgIpc) is 2.44. The highest BCUT2D eigenvalue weighted by atomic mass is 16.3. The van der Waals surface area contributed by atoms with Crippen molar-refractivity contribution in [1.82, 2.24) is 10.2 Å². The molecule has 0 bridgehead atoms. The van der Waals surface area contributed by atoms with Gasteiger partial charge in [-0.05, 0) is 37.7 Å². The van der Waals surface area contributed by atoms with E-state index in [1.54, 1.807) is 0 Å². The summed E-state index contributed by atoms with van der Waals surface area (Å²) in [4.78, 5) is 2.62. The fourth-order valence-electron chi connectivity index (χ4n) is 3.58. The Labute approximate surface area is 128 Å². The number of rotatable bonds is 5. The molecular weight excluding hydrogens is 260 g/mol. The fourth-order valence-corrected chi connectivity index (χ4v) is 3.58. The molecule has 0 amide bonds. The Hall–Kier alpha value is -0.900. The van der Waals surface area contributed by atoms with Crippen LogP contribution in [-0.2, 0) is 6.54 Å². The Bertz CT molecular complexity index is 430. The molecule has 3 nitrogen and oxygen atoms in total. The van der Waals surface area contributed by atoms with Crippen molar-refractivity contribution in [3.63, 3.8) is 0 Å². The predicted octanol–water partition coefficient (Wildman–Crippen LogP) is 2.40. The number of likely N-dealkylation sites (tertiary alicyclic amines) is 1. The third-order valence-electron chi connectivity index (χ3n) is 5.22. The zero-order valence-corrected chi connectivity index (χ0v) is 13.0. The van der Waals surface area contributed by atoms with E-state index in [0.29, 0.717) is 12.0 Å². The molecule has 0 aromatic heterocycles. The molecule has 2 fully saturated rings. The van der Waals surface area contributed by atoms with Crippen LogP contribution in [0.3, 0.4) is 0 Å². The first-order valence-corrected chi connectivity index (χ1v) is 8.42. The van der Waals surface area contributed by atoms with E-state index in [9.17, 15) is 5.11 Å². The molecule has 1 heterocycles. The maximum Gasteiger partial charge on any atom is 0.0553 e. The number of aliphatic hydroxyl groups is 1. The smallest absolute Gasteiger partial charge is 0.0553 e. The van der Waals surface area contributed by atoms with Crippen LogP contribution in [0.15, 0.2) is 30.3 Å². The maximum absolute atomic E-state index is 10.0. The molecule has 1 aliphatic carbocycles. The monoisotopic (exact) mass is 288 g/mol. The van der Waals surface area contributed by atoms with Crippen molar-refractivity contribution >= 4 is 0 Å². The van der Waals surface area contributed by atoms with E-state index in [1.165, 1.54) is 24.8 Å². The van der Waals surface area contributed by atoms with E-state index in [-0.39, 0.29) is 6.10 Å². The van der Waals surface area contributed by atoms with Crippen molar-refractivity contribution in [2.24, 2.45) is 5.92 Å². The summed E-state index contributed by atoms with van der Waals surface area (Å²) in [5.41, 5.74) is 1.34. The Morgan fingerprint density at radius 3 is 2.62 bits per heavy atom. The van der Waals surface area contributed by atoms with Crippen LogP contribution in [0.25, 0.3) is 0 Å². The summed E-state index contributed by atoms with van der Waals surface area (Å²) < 4.78 is 0. The van der Waals surface area contributed by atoms with Gasteiger partial charge in [-0.3, -0.25) is 4.90 Å². The zero-order chi connectivity index (χ0) is 14.7. The molecule has 116 valence electrons. The lowest BCUT2D eigenvalue weighted by molar-refractivity contribution is 0.0104. The third-order valence-corrected chi connectivity index (χ3v) is 5.22. The molecule has 1 saturated carbocycles. The maximum atomic E-state index is 10.0. The van der Waals surface area contributed by atoms with Gasteiger partial charge in [0, 0.05) is 31.7 Å². The van der Waals surface area contributed by atoms with E-state index in [4.69, 9.17) is 0 Å². The van der Waals surface area contributed by atoms with Crippen LogP contribution in [0.1, 0.15) is 38.2 Å². The van der Waals surface area contributed by atoms with Gasteiger partial charge in [0.15, 0.2) is 0 Å². The minimum Gasteiger partial charge on any atom is -0.393 e. The van der Waals surface area contributed by atoms with Crippen molar-refractivity contribution in [3.8, 4) is 0 Å². The largest absolute Gasteiger partial charge is 0.393 e. The van der Waals surface area contributed by atoms with Gasteiger partial charge in [0.1, 0.15) is 0 Å². The number of nitrogens with zero attached hydrogens (tertiary/aromatic N) is 1. The average molecular weight is 288 g/mol. The van der Waals surface area contributed by atoms with Crippen molar-refractivity contribution < 1.29 is 5.11 Å². The van der Waals surface area contributed by atoms with Crippen LogP contribution in [-0.4, -0.2) is 41.3 Å². The number of benzene rings is 1. The van der Waals surface area contributed by atoms with E-state index >= 15 is 0 Å². The zero-order valence-electron chi connectivity index (χ0n) is 13.0. The number of hydrogen-bond acceptors (Lipinski definition) is 3. The summed E-state index contributed by atoms with van der Waals surface area (Å²) in [7, 11) is 0. The normalized spacial score (nSPS) is 29.0. The van der Waals surface area contributed by atoms with Crippen LogP contribution >= 0.6 is 0 Å². The number of piperidine rings is 1. The van der Waals surface area contributed by atoms with Crippen molar-refractivity contribution in [1.29, 1.82) is 0 Å². The summed E-state index contributed by atoms with van der Waals surface area (Å²) in [5.74, 6) is 0.410. The first-order valence-electron chi connectivity index (χ1n) is 8.42. The highest BCUT2D eigenvalue weighted by molar-refractivity contribution is 5.14. The highest BCUT2D eigenvalue weighted by Gasteiger charge is 2.34. The highest BCUT2D eigenvalue weighted by Crippen LogP contribution is 2.30. The molecule has 3 atom stereocenters. The number of nitrogens with one attached hydrogen (secondary N) is 1. The summed E-state index contributed by atoms with van der Waals surface area (Å²) >= 11 is 0. The molecule has 3 rings (SSSR count). The second kappa shape index (κ2) is 6.91. The Balaban J connectivity index is 1.57. The molecule has 2 aliphatic rings. The van der Waals surface area contributed by atoms with Gasteiger partial charge in [-0.15, -0.1) is 0 Å². The van der Waals surface area contributed by atoms with Crippen LogP contribution in [0.2, 0.25) is 0 Å². The Kier molecular flexibility index (Phi) is 4.94. The Morgan fingerprint density at radius 1 is 1.24 bits per heavy atom. The van der Waals surface area contributed by atoms with Gasteiger partial charge in [0.25, 0.3) is 0 Å². The summed E-state index contributed by atoms with van der Waals surface area (Å²) in [6.07, 6.45) is 4.96. The fraction of sp³-hybridized carbons (Fsp3) is 0.667. The van der Waals surface area contributed by atoms with E-state index in [1.807, 2.05) is 6.92 Å². The van der Waals surface area contributed by atoms with Gasteiger partial charge >= 0.3 is 0 Å². The van der Waals surface area contributed by atoms with Gasteiger partial charge in [0.05, 0.1) is 6.10 Å². The summed E-state index contributed by atoms with van der Waals surface area (Å²) in [6.45, 7) is 5.09. The van der Waals surface area contributed by atoms with E-state index in [0.717, 1.165) is 32.1 Å². The first-order chi connectivity index (χ1) is 10.2. The SMILES string of the molecule is CC(O)C1CC(NCc2ccccc2)CN(C2CCC2)C1. The van der Waals surface area contributed by atoms with Crippen LogP contribution in [0.4, 0.5) is 0 Å². The molecule has 1 aromatic carbocycles. The van der Waals surface area contributed by atoms with Gasteiger partial charge in [0.2, 0.25) is 0 Å². The summed E-state index contributed by atoms with van der Waals surface area (Å²) in [5, 5.41) is 13.7. The van der Waals surface area contributed by atoms with Gasteiger partial charge in [-0.1, -0.05) is 36.8 Å². The number of aliphatic hydroxyl groups excluding tert-OH is 1. The second-order valence-electron chi connectivity index (χ2n) is 6.84. The molecule has 21 heavy (non-hydrogen) atoms. The molecule has 0 spiro atoms. The molecule has 3 heteroatoms. The molecule has 0 radical (unpaired) electrons. The number of hydrogen-bond donors (Lipinski definition) is 2. The summed E-state index contributed by atoms with van der Waals surface area (Å²) in [6, 6.07) is 11.9. The second-order valence-corrected chi connectivity index (χ2v) is 6.84. The van der Waals surface area contributed by atoms with Gasteiger partial charge in [-0.2, -0.15) is 0 Å². The third kappa shape index (κ3) is 3.85. The molecule has 3 unspecified atom stereocenters. The lowest BCUT2D eigenvalue weighted by Gasteiger charge is -2.46. The van der Waals surface area contributed by atoms with Gasteiger partial charge in [-0.25, -0.2) is 0 Å². The van der Waals surface area contributed by atoms with E-state index in [2.05, 4.69) is 40.5 Å². The Morgan fingerprint density at radius 2 is 2.00 bits per heavy atom. The predicted molar refractivity (Wildman–Crippen MR) is 86.1 cm³/mol. The van der Waals surface area contributed by atoms with Crippen LogP contribution in [0.5, 0.6) is 0 Å². The van der Waals surface area contributed by atoms with Crippen LogP contribution < -0.4 is 5.32 Å². The molecular formula is C18H28N2O. The molecule has 2 N–H and O–H groups in total. The lowest BCUT2D eigenvalue weighted by atomic mass is 9.84. The molecule has 1 saturated heterocycles. The first kappa shape index (κ1) is 15.0. The quantitative estimate of drug-likeness (QED) is 0.873. The van der Waals surface area contributed by atoms with Crippen molar-refractivity contribution in [2.45, 2.75) is 57.3 Å². The lowest BCUT2D eigenvalue weighted by Crippen LogP contribution is -2.55. The topological polar surface area (TPSA) is 35.5 Å². The van der Waals surface area contributed by atoms with Gasteiger partial charge < -0.3 is 10.4 Å². The van der Waals surface area contributed by atoms with Crippen molar-refractivity contribution in [2.75, 3.05) is 13.1 Å². The minimum atomic E-state index is -0.200. The molecule has 1 aliphatic heterocycles. The van der Waals surface area contributed by atoms with E-state index < -0.39 is 0 Å². The van der Waals surface area contributed by atoms with Crippen LogP contribution in [0, 0.1) is 5.92 Å². The molecule has 1 aromatic rings. The standard InChI is InChI=1S/C18H28N2O/c1-14(21)16-10-17(13-20(12-16)18-8-5-9-18)19-11-15-6-3-2-4-7-15/h2-4,6-7,14,16-19,21H,5,8-13H2,1H3.